The number of benzene rings is 1. The van der Waals surface area contributed by atoms with Gasteiger partial charge in [0.15, 0.2) is 11.6 Å². The number of carbonyl (C=O) groups is 1. The second-order valence-electron chi connectivity index (χ2n) is 2.28. The summed E-state index contributed by atoms with van der Waals surface area (Å²) in [4.78, 5) is 10.9. The minimum absolute atomic E-state index is 0.290. The Morgan fingerprint density at radius 2 is 2.00 bits per heavy atom. The van der Waals surface area contributed by atoms with Crippen LogP contribution in [0.25, 0.3) is 0 Å². The summed E-state index contributed by atoms with van der Waals surface area (Å²) in [7, 11) is 0. The maximum Gasteiger partial charge on any atom is 0.180 e. The number of hydrogen-bond acceptors (Lipinski definition) is 1. The highest BCUT2D eigenvalue weighted by Crippen LogP contribution is 2.22. The molecule has 5 heteroatoms. The largest absolute Gasteiger partial charge is 0.293 e. The zero-order valence-corrected chi connectivity index (χ0v) is 7.79. The summed E-state index contributed by atoms with van der Waals surface area (Å²) in [6, 6.07) is 1.94. The highest BCUT2D eigenvalue weighted by molar-refractivity contribution is 6.33. The number of alkyl halides is 1. The summed E-state index contributed by atoms with van der Waals surface area (Å²) in [6.07, 6.45) is 0. The van der Waals surface area contributed by atoms with Gasteiger partial charge in [0.05, 0.1) is 11.4 Å². The summed E-state index contributed by atoms with van der Waals surface area (Å²) in [5.41, 5.74) is -0.290. The summed E-state index contributed by atoms with van der Waals surface area (Å²) in [5, 5.41) is -0.684. The number of Topliss-reactive ketones (excluding diaryl/α,β-unsaturated/α-hetero) is 1. The van der Waals surface area contributed by atoms with E-state index in [2.05, 4.69) is 0 Å². The van der Waals surface area contributed by atoms with Crippen molar-refractivity contribution in [2.75, 3.05) is 5.88 Å². The number of hydrogen-bond donors (Lipinski definition) is 0. The lowest BCUT2D eigenvalue weighted by Gasteiger charge is -2.01. The van der Waals surface area contributed by atoms with Gasteiger partial charge in [0.2, 0.25) is 0 Å². The van der Waals surface area contributed by atoms with Crippen molar-refractivity contribution in [3.8, 4) is 0 Å². The van der Waals surface area contributed by atoms with E-state index >= 15 is 0 Å². The van der Waals surface area contributed by atoms with Gasteiger partial charge in [0.1, 0.15) is 10.8 Å². The third-order valence-corrected chi connectivity index (χ3v) is 2.05. The van der Waals surface area contributed by atoms with Crippen LogP contribution in [-0.4, -0.2) is 11.7 Å². The van der Waals surface area contributed by atoms with Crippen LogP contribution in [0.5, 0.6) is 0 Å². The van der Waals surface area contributed by atoms with Gasteiger partial charge in [0, 0.05) is 0 Å². The van der Waals surface area contributed by atoms with E-state index < -0.39 is 22.4 Å². The maximum absolute atomic E-state index is 13.0. The Labute approximate surface area is 83.3 Å². The fourth-order valence-electron chi connectivity index (χ4n) is 0.813. The van der Waals surface area contributed by atoms with Gasteiger partial charge in [0.25, 0.3) is 0 Å². The third kappa shape index (κ3) is 1.98. The van der Waals surface area contributed by atoms with E-state index in [0.717, 1.165) is 12.1 Å². The quantitative estimate of drug-likeness (QED) is 0.429. The second-order valence-corrected chi connectivity index (χ2v) is 2.92. The molecule has 0 bridgehead atoms. The van der Waals surface area contributed by atoms with Crippen LogP contribution >= 0.6 is 23.2 Å². The molecule has 0 aliphatic rings. The molecule has 0 radical (unpaired) electrons. The highest BCUT2D eigenvalue weighted by atomic mass is 35.5. The van der Waals surface area contributed by atoms with Crippen LogP contribution in [0.3, 0.4) is 0 Å². The molecule has 1 aromatic rings. The average Bonchev–Trinajstić information content (AvgIpc) is 2.13. The molecule has 0 atom stereocenters. The molecule has 0 spiro atoms. The maximum atomic E-state index is 13.0. The second kappa shape index (κ2) is 4.03. The van der Waals surface area contributed by atoms with Crippen LogP contribution in [-0.2, 0) is 0 Å². The molecular weight excluding hydrogens is 221 g/mol. The van der Waals surface area contributed by atoms with Gasteiger partial charge in [-0.15, -0.1) is 11.6 Å². The molecule has 0 saturated heterocycles. The molecule has 13 heavy (non-hydrogen) atoms. The first-order chi connectivity index (χ1) is 6.07. The predicted molar refractivity (Wildman–Crippen MR) is 46.4 cm³/mol. The highest BCUT2D eigenvalue weighted by Gasteiger charge is 2.16. The van der Waals surface area contributed by atoms with Gasteiger partial charge >= 0.3 is 0 Å². The lowest BCUT2D eigenvalue weighted by atomic mass is 10.1. The number of ketones is 1. The van der Waals surface area contributed by atoms with Crippen LogP contribution in [0, 0.1) is 11.6 Å². The minimum Gasteiger partial charge on any atom is -0.293 e. The van der Waals surface area contributed by atoms with Crippen LogP contribution in [0.4, 0.5) is 8.78 Å². The van der Waals surface area contributed by atoms with Crippen molar-refractivity contribution < 1.29 is 13.6 Å². The predicted octanol–water partition coefficient (Wildman–Crippen LogP) is 3.04. The van der Waals surface area contributed by atoms with Gasteiger partial charge in [-0.1, -0.05) is 11.6 Å². The standard InChI is InChI=1S/C8H4Cl2F2O/c9-3-6(13)4-1-2-5(11)7(10)8(4)12/h1-2H,3H2. The van der Waals surface area contributed by atoms with E-state index in [-0.39, 0.29) is 11.4 Å². The minimum atomic E-state index is -1.06. The van der Waals surface area contributed by atoms with E-state index in [4.69, 9.17) is 23.2 Å². The molecule has 1 aromatic carbocycles. The molecule has 0 saturated carbocycles. The number of carbonyl (C=O) groups excluding carboxylic acids is 1. The van der Waals surface area contributed by atoms with Crippen LogP contribution in [0.1, 0.15) is 10.4 Å². The first-order valence-corrected chi connectivity index (χ1v) is 4.22. The van der Waals surface area contributed by atoms with Crippen LogP contribution in [0.15, 0.2) is 12.1 Å². The average molecular weight is 225 g/mol. The zero-order chi connectivity index (χ0) is 10.0. The van der Waals surface area contributed by atoms with E-state index in [9.17, 15) is 13.6 Å². The zero-order valence-electron chi connectivity index (χ0n) is 6.28. The van der Waals surface area contributed by atoms with Crippen molar-refractivity contribution in [1.82, 2.24) is 0 Å². The first kappa shape index (κ1) is 10.4. The fraction of sp³-hybridized carbons (Fsp3) is 0.125. The van der Waals surface area contributed by atoms with E-state index in [1.54, 1.807) is 0 Å². The topological polar surface area (TPSA) is 17.1 Å². The van der Waals surface area contributed by atoms with Crippen molar-refractivity contribution >= 4 is 29.0 Å². The van der Waals surface area contributed by atoms with Crippen molar-refractivity contribution in [3.63, 3.8) is 0 Å². The van der Waals surface area contributed by atoms with Crippen molar-refractivity contribution in [1.29, 1.82) is 0 Å². The Morgan fingerprint density at radius 1 is 1.38 bits per heavy atom. The molecule has 0 heterocycles. The summed E-state index contributed by atoms with van der Waals surface area (Å²) in [5.74, 6) is -2.95. The summed E-state index contributed by atoms with van der Waals surface area (Å²) >= 11 is 10.4. The van der Waals surface area contributed by atoms with Gasteiger partial charge in [-0.05, 0) is 12.1 Å². The molecule has 0 unspecified atom stereocenters. The Kier molecular flexibility index (Phi) is 3.22. The Morgan fingerprint density at radius 3 is 2.54 bits per heavy atom. The molecule has 0 aliphatic carbocycles. The summed E-state index contributed by atoms with van der Waals surface area (Å²) in [6.45, 7) is 0. The molecule has 1 nitrogen and oxygen atoms in total. The number of rotatable bonds is 2. The molecule has 0 fully saturated rings. The molecule has 0 amide bonds. The fourth-order valence-corrected chi connectivity index (χ4v) is 1.12. The molecule has 1 rings (SSSR count). The molecule has 0 N–H and O–H groups in total. The lowest BCUT2D eigenvalue weighted by molar-refractivity contribution is 0.101. The summed E-state index contributed by atoms with van der Waals surface area (Å²) < 4.78 is 25.7. The van der Waals surface area contributed by atoms with Gasteiger partial charge in [-0.3, -0.25) is 4.79 Å². The van der Waals surface area contributed by atoms with Gasteiger partial charge < -0.3 is 0 Å². The van der Waals surface area contributed by atoms with Crippen LogP contribution in [0.2, 0.25) is 5.02 Å². The monoisotopic (exact) mass is 224 g/mol. The first-order valence-electron chi connectivity index (χ1n) is 3.30. The normalized spacial score (nSPS) is 10.2. The Bertz CT molecular complexity index is 352. The Hall–Kier alpha value is -0.670. The van der Waals surface area contributed by atoms with Crippen molar-refractivity contribution in [2.24, 2.45) is 0 Å². The van der Waals surface area contributed by atoms with Crippen molar-refractivity contribution in [2.45, 2.75) is 0 Å². The lowest BCUT2D eigenvalue weighted by Crippen LogP contribution is -2.04. The van der Waals surface area contributed by atoms with Crippen molar-refractivity contribution in [3.05, 3.63) is 34.4 Å². The smallest absolute Gasteiger partial charge is 0.180 e. The molecule has 0 aromatic heterocycles. The van der Waals surface area contributed by atoms with Gasteiger partial charge in [-0.2, -0.15) is 0 Å². The Balaban J connectivity index is 3.26. The number of halogens is 4. The SMILES string of the molecule is O=C(CCl)c1ccc(F)c(Cl)c1F. The van der Waals surface area contributed by atoms with E-state index in [0.29, 0.717) is 0 Å². The van der Waals surface area contributed by atoms with E-state index in [1.807, 2.05) is 0 Å². The van der Waals surface area contributed by atoms with Gasteiger partial charge in [-0.25, -0.2) is 8.78 Å². The van der Waals surface area contributed by atoms with E-state index in [1.165, 1.54) is 0 Å². The molecule has 0 aliphatic heterocycles. The third-order valence-electron chi connectivity index (χ3n) is 1.46. The molecular formula is C8H4Cl2F2O. The van der Waals surface area contributed by atoms with Crippen LogP contribution < -0.4 is 0 Å². The molecule has 70 valence electrons.